The van der Waals surface area contributed by atoms with Crippen LogP contribution in [0.3, 0.4) is 0 Å². The highest BCUT2D eigenvalue weighted by molar-refractivity contribution is 14.0. The van der Waals surface area contributed by atoms with E-state index in [4.69, 9.17) is 9.47 Å². The molecule has 1 aliphatic heterocycles. The molecule has 0 aliphatic carbocycles. The van der Waals surface area contributed by atoms with Crippen molar-refractivity contribution in [1.82, 2.24) is 15.5 Å². The summed E-state index contributed by atoms with van der Waals surface area (Å²) in [5.41, 5.74) is 2.54. The van der Waals surface area contributed by atoms with Gasteiger partial charge in [-0.1, -0.05) is 42.5 Å². The number of halogens is 1. The molecule has 0 bridgehead atoms. The van der Waals surface area contributed by atoms with Gasteiger partial charge < -0.3 is 20.1 Å². The van der Waals surface area contributed by atoms with Crippen LogP contribution in [0.5, 0.6) is 5.75 Å². The summed E-state index contributed by atoms with van der Waals surface area (Å²) in [6.45, 7) is 9.50. The fourth-order valence-corrected chi connectivity index (χ4v) is 3.13. The van der Waals surface area contributed by atoms with Gasteiger partial charge in [-0.3, -0.25) is 4.90 Å². The quantitative estimate of drug-likeness (QED) is 0.228. The number of hydrogen-bond donors (Lipinski definition) is 2. The average molecular weight is 524 g/mol. The zero-order chi connectivity index (χ0) is 20.2. The zero-order valence-corrected chi connectivity index (χ0v) is 20.0. The van der Waals surface area contributed by atoms with Crippen molar-refractivity contribution >= 4 is 29.9 Å². The van der Waals surface area contributed by atoms with Gasteiger partial charge in [0, 0.05) is 26.2 Å². The van der Waals surface area contributed by atoms with Crippen molar-refractivity contribution in [2.75, 3.05) is 46.0 Å². The van der Waals surface area contributed by atoms with E-state index < -0.39 is 0 Å². The second kappa shape index (κ2) is 14.2. The summed E-state index contributed by atoms with van der Waals surface area (Å²) in [5.74, 6) is 1.69. The van der Waals surface area contributed by atoms with Crippen molar-refractivity contribution in [3.8, 4) is 5.75 Å². The SMILES string of the molecule is CCNC(=NCc1ccc(CN2CCOCC2)cc1)NCCOc1ccccc1.I. The lowest BCUT2D eigenvalue weighted by molar-refractivity contribution is 0.0342. The normalized spacial score (nSPS) is 14.6. The van der Waals surface area contributed by atoms with Gasteiger partial charge in [0.05, 0.1) is 26.3 Å². The highest BCUT2D eigenvalue weighted by Gasteiger charge is 2.10. The molecular weight excluding hydrogens is 491 g/mol. The number of nitrogens with one attached hydrogen (secondary N) is 2. The number of rotatable bonds is 9. The minimum Gasteiger partial charge on any atom is -0.492 e. The fraction of sp³-hybridized carbons (Fsp3) is 0.435. The molecule has 1 heterocycles. The Labute approximate surface area is 197 Å². The Bertz CT molecular complexity index is 735. The largest absolute Gasteiger partial charge is 0.492 e. The van der Waals surface area contributed by atoms with Crippen LogP contribution < -0.4 is 15.4 Å². The first-order valence-electron chi connectivity index (χ1n) is 10.4. The van der Waals surface area contributed by atoms with Crippen LogP contribution in [-0.4, -0.2) is 56.9 Å². The maximum Gasteiger partial charge on any atom is 0.191 e. The van der Waals surface area contributed by atoms with Gasteiger partial charge in [-0.25, -0.2) is 4.99 Å². The highest BCUT2D eigenvalue weighted by Crippen LogP contribution is 2.10. The molecule has 0 saturated carbocycles. The number of hydrogen-bond acceptors (Lipinski definition) is 4. The first-order valence-corrected chi connectivity index (χ1v) is 10.4. The van der Waals surface area contributed by atoms with E-state index in [1.165, 1.54) is 11.1 Å². The Morgan fingerprint density at radius 2 is 1.70 bits per heavy atom. The third kappa shape index (κ3) is 8.89. The Morgan fingerprint density at radius 3 is 2.40 bits per heavy atom. The molecule has 2 N–H and O–H groups in total. The molecule has 0 amide bonds. The van der Waals surface area contributed by atoms with E-state index in [1.54, 1.807) is 0 Å². The molecule has 6 nitrogen and oxygen atoms in total. The van der Waals surface area contributed by atoms with Crippen LogP contribution in [0.15, 0.2) is 59.6 Å². The Balaban J connectivity index is 0.00000320. The third-order valence-electron chi connectivity index (χ3n) is 4.70. The monoisotopic (exact) mass is 524 g/mol. The van der Waals surface area contributed by atoms with E-state index in [0.29, 0.717) is 19.7 Å². The predicted molar refractivity (Wildman–Crippen MR) is 133 cm³/mol. The topological polar surface area (TPSA) is 58.1 Å². The van der Waals surface area contributed by atoms with E-state index in [9.17, 15) is 0 Å². The molecule has 1 saturated heterocycles. The van der Waals surface area contributed by atoms with Gasteiger partial charge in [0.15, 0.2) is 5.96 Å². The fourth-order valence-electron chi connectivity index (χ4n) is 3.13. The molecule has 7 heteroatoms. The molecule has 0 spiro atoms. The van der Waals surface area contributed by atoms with Gasteiger partial charge in [0.25, 0.3) is 0 Å². The molecule has 0 atom stereocenters. The van der Waals surface area contributed by atoms with Crippen LogP contribution in [0, 0.1) is 0 Å². The lowest BCUT2D eigenvalue weighted by Crippen LogP contribution is -2.39. The van der Waals surface area contributed by atoms with Gasteiger partial charge in [0.1, 0.15) is 12.4 Å². The second-order valence-corrected chi connectivity index (χ2v) is 6.99. The van der Waals surface area contributed by atoms with Gasteiger partial charge >= 0.3 is 0 Å². The Morgan fingerprint density at radius 1 is 1.00 bits per heavy atom. The first-order chi connectivity index (χ1) is 14.3. The smallest absolute Gasteiger partial charge is 0.191 e. The summed E-state index contributed by atoms with van der Waals surface area (Å²) in [7, 11) is 0. The molecule has 2 aromatic rings. The lowest BCUT2D eigenvalue weighted by atomic mass is 10.1. The highest BCUT2D eigenvalue weighted by atomic mass is 127. The van der Waals surface area contributed by atoms with E-state index in [0.717, 1.165) is 51.1 Å². The molecule has 0 unspecified atom stereocenters. The summed E-state index contributed by atoms with van der Waals surface area (Å²) < 4.78 is 11.1. The molecule has 0 aromatic heterocycles. The molecule has 1 fully saturated rings. The summed E-state index contributed by atoms with van der Waals surface area (Å²) in [6.07, 6.45) is 0. The number of benzene rings is 2. The van der Waals surface area contributed by atoms with Crippen molar-refractivity contribution in [3.63, 3.8) is 0 Å². The van der Waals surface area contributed by atoms with Crippen molar-refractivity contribution in [2.24, 2.45) is 4.99 Å². The zero-order valence-electron chi connectivity index (χ0n) is 17.7. The maximum absolute atomic E-state index is 5.72. The van der Waals surface area contributed by atoms with Gasteiger partial charge in [0.2, 0.25) is 0 Å². The number of guanidine groups is 1. The minimum atomic E-state index is 0. The number of para-hydroxylation sites is 1. The van der Waals surface area contributed by atoms with E-state index in [2.05, 4.69) is 51.7 Å². The predicted octanol–water partition coefficient (Wildman–Crippen LogP) is 3.27. The van der Waals surface area contributed by atoms with Crippen LogP contribution >= 0.6 is 24.0 Å². The van der Waals surface area contributed by atoms with Crippen molar-refractivity contribution in [3.05, 3.63) is 65.7 Å². The van der Waals surface area contributed by atoms with Crippen molar-refractivity contribution in [1.29, 1.82) is 0 Å². The van der Waals surface area contributed by atoms with Crippen molar-refractivity contribution in [2.45, 2.75) is 20.0 Å². The molecule has 0 radical (unpaired) electrons. The first kappa shape index (κ1) is 24.4. The second-order valence-electron chi connectivity index (χ2n) is 6.99. The van der Waals surface area contributed by atoms with Crippen LogP contribution in [0.1, 0.15) is 18.1 Å². The molecule has 3 rings (SSSR count). The molecule has 2 aromatic carbocycles. The van der Waals surface area contributed by atoms with Crippen LogP contribution in [0.25, 0.3) is 0 Å². The Kier molecular flexibility index (Phi) is 11.6. The summed E-state index contributed by atoms with van der Waals surface area (Å²) in [4.78, 5) is 7.12. The third-order valence-corrected chi connectivity index (χ3v) is 4.70. The van der Waals surface area contributed by atoms with Gasteiger partial charge in [-0.05, 0) is 30.2 Å². The summed E-state index contributed by atoms with van der Waals surface area (Å²) >= 11 is 0. The van der Waals surface area contributed by atoms with E-state index in [-0.39, 0.29) is 24.0 Å². The van der Waals surface area contributed by atoms with Crippen LogP contribution in [0.2, 0.25) is 0 Å². The lowest BCUT2D eigenvalue weighted by Gasteiger charge is -2.26. The van der Waals surface area contributed by atoms with Crippen molar-refractivity contribution < 1.29 is 9.47 Å². The van der Waals surface area contributed by atoms with Gasteiger partial charge in [-0.15, -0.1) is 24.0 Å². The number of nitrogens with zero attached hydrogens (tertiary/aromatic N) is 2. The number of ether oxygens (including phenoxy) is 2. The summed E-state index contributed by atoms with van der Waals surface area (Å²) in [5, 5.41) is 6.60. The van der Waals surface area contributed by atoms with Crippen LogP contribution in [-0.2, 0) is 17.8 Å². The van der Waals surface area contributed by atoms with Crippen LogP contribution in [0.4, 0.5) is 0 Å². The number of morpholine rings is 1. The molecular formula is C23H33IN4O2. The van der Waals surface area contributed by atoms with E-state index in [1.807, 2.05) is 30.3 Å². The van der Waals surface area contributed by atoms with Gasteiger partial charge in [-0.2, -0.15) is 0 Å². The average Bonchev–Trinajstić information content (AvgIpc) is 2.77. The molecule has 1 aliphatic rings. The molecule has 30 heavy (non-hydrogen) atoms. The maximum atomic E-state index is 5.72. The number of aliphatic imine (C=N–C) groups is 1. The van der Waals surface area contributed by atoms with E-state index >= 15 is 0 Å². The Hall–Kier alpha value is -1.84. The standard InChI is InChI=1S/C23H32N4O2.HI/c1-2-24-23(25-12-15-29-22-6-4-3-5-7-22)26-18-20-8-10-21(11-9-20)19-27-13-16-28-17-14-27;/h3-11H,2,12-19H2,1H3,(H2,24,25,26);1H. The minimum absolute atomic E-state index is 0. The summed E-state index contributed by atoms with van der Waals surface area (Å²) in [6, 6.07) is 18.6. The molecule has 164 valence electrons.